The van der Waals surface area contributed by atoms with Gasteiger partial charge >= 0.3 is 0 Å². The number of benzene rings is 2. The van der Waals surface area contributed by atoms with Crippen LogP contribution in [0, 0.1) is 17.1 Å². The Morgan fingerprint density at radius 1 is 1.16 bits per heavy atom. The highest BCUT2D eigenvalue weighted by atomic mass is 35.5. The molecule has 0 aliphatic heterocycles. The molecule has 0 heterocycles. The number of nitriles is 1. The molecule has 0 saturated carbocycles. The third-order valence-corrected chi connectivity index (χ3v) is 2.81. The molecule has 0 unspecified atom stereocenters. The highest BCUT2D eigenvalue weighted by molar-refractivity contribution is 6.33. The van der Waals surface area contributed by atoms with E-state index in [9.17, 15) is 4.39 Å². The molecule has 6 heteroatoms. The van der Waals surface area contributed by atoms with Crippen LogP contribution >= 0.6 is 11.6 Å². The maximum atomic E-state index is 13.9. The molecule has 0 spiro atoms. The average Bonchev–Trinajstić information content (AvgIpc) is 2.42. The Morgan fingerprint density at radius 2 is 1.79 bits per heavy atom. The van der Waals surface area contributed by atoms with Crippen molar-refractivity contribution in [1.82, 2.24) is 0 Å². The summed E-state index contributed by atoms with van der Waals surface area (Å²) < 4.78 is 19.2. The third kappa shape index (κ3) is 2.54. The number of nitrogen functional groups attached to an aromatic ring is 2. The molecule has 4 nitrogen and oxygen atoms in total. The van der Waals surface area contributed by atoms with E-state index in [4.69, 9.17) is 33.1 Å². The topological polar surface area (TPSA) is 85.1 Å². The van der Waals surface area contributed by atoms with Gasteiger partial charge in [-0.2, -0.15) is 5.26 Å². The largest absolute Gasteiger partial charge is 0.452 e. The van der Waals surface area contributed by atoms with Crippen molar-refractivity contribution in [2.24, 2.45) is 0 Å². The summed E-state index contributed by atoms with van der Waals surface area (Å²) in [6.07, 6.45) is 0. The molecule has 0 amide bonds. The second-order valence-corrected chi connectivity index (χ2v) is 4.13. The standard InChI is InChI=1S/C13H9ClFN3O/c14-11-9(17)5-10(18)13(12(11)15)19-8-3-1-7(6-16)2-4-8/h1-5H,17-18H2. The number of hydrogen-bond acceptors (Lipinski definition) is 4. The zero-order chi connectivity index (χ0) is 14.0. The van der Waals surface area contributed by atoms with Crippen molar-refractivity contribution < 1.29 is 9.13 Å². The number of anilines is 2. The van der Waals surface area contributed by atoms with E-state index in [-0.39, 0.29) is 22.1 Å². The van der Waals surface area contributed by atoms with Gasteiger partial charge in [0.25, 0.3) is 0 Å². The molecule has 0 aliphatic rings. The Bertz CT molecular complexity index is 665. The summed E-state index contributed by atoms with van der Waals surface area (Å²) in [6, 6.07) is 9.44. The van der Waals surface area contributed by atoms with Crippen molar-refractivity contribution in [2.45, 2.75) is 0 Å². The van der Waals surface area contributed by atoms with Gasteiger partial charge < -0.3 is 16.2 Å². The van der Waals surface area contributed by atoms with Gasteiger partial charge in [0.2, 0.25) is 0 Å². The Morgan fingerprint density at radius 3 is 2.37 bits per heavy atom. The zero-order valence-corrected chi connectivity index (χ0v) is 10.4. The van der Waals surface area contributed by atoms with Crippen molar-refractivity contribution >= 4 is 23.0 Å². The monoisotopic (exact) mass is 277 g/mol. The first-order valence-electron chi connectivity index (χ1n) is 5.24. The van der Waals surface area contributed by atoms with Crippen LogP contribution in [0.4, 0.5) is 15.8 Å². The lowest BCUT2D eigenvalue weighted by atomic mass is 10.2. The predicted molar refractivity (Wildman–Crippen MR) is 71.5 cm³/mol. The molecule has 96 valence electrons. The summed E-state index contributed by atoms with van der Waals surface area (Å²) in [5, 5.41) is 8.43. The number of nitrogens with two attached hydrogens (primary N) is 2. The van der Waals surface area contributed by atoms with Crippen LogP contribution in [0.2, 0.25) is 5.02 Å². The van der Waals surface area contributed by atoms with Crippen LogP contribution in [0.3, 0.4) is 0 Å². The van der Waals surface area contributed by atoms with Gasteiger partial charge in [-0.05, 0) is 30.3 Å². The lowest BCUT2D eigenvalue weighted by molar-refractivity contribution is 0.445. The molecule has 0 radical (unpaired) electrons. The molecule has 0 aliphatic carbocycles. The van der Waals surface area contributed by atoms with E-state index in [1.54, 1.807) is 12.1 Å². The van der Waals surface area contributed by atoms with Crippen LogP contribution < -0.4 is 16.2 Å². The van der Waals surface area contributed by atoms with Crippen molar-refractivity contribution in [1.29, 1.82) is 5.26 Å². The van der Waals surface area contributed by atoms with Crippen LogP contribution in [0.15, 0.2) is 30.3 Å². The average molecular weight is 278 g/mol. The molecule has 19 heavy (non-hydrogen) atoms. The van der Waals surface area contributed by atoms with E-state index in [0.717, 1.165) is 0 Å². The molecular weight excluding hydrogens is 269 g/mol. The zero-order valence-electron chi connectivity index (χ0n) is 9.65. The number of halogens is 2. The lowest BCUT2D eigenvalue weighted by Crippen LogP contribution is -1.99. The van der Waals surface area contributed by atoms with Crippen molar-refractivity contribution in [3.63, 3.8) is 0 Å². The van der Waals surface area contributed by atoms with Crippen molar-refractivity contribution in [2.75, 3.05) is 11.5 Å². The minimum Gasteiger partial charge on any atom is -0.452 e. The van der Waals surface area contributed by atoms with Gasteiger partial charge in [0, 0.05) is 0 Å². The van der Waals surface area contributed by atoms with Gasteiger partial charge in [0.05, 0.1) is 23.0 Å². The third-order valence-electron chi connectivity index (χ3n) is 2.42. The summed E-state index contributed by atoms with van der Waals surface area (Å²) in [7, 11) is 0. The molecule has 0 saturated heterocycles. The Hall–Kier alpha value is -2.45. The number of hydrogen-bond donors (Lipinski definition) is 2. The molecule has 2 rings (SSSR count). The minimum absolute atomic E-state index is 0.0451. The normalized spacial score (nSPS) is 9.95. The second kappa shape index (κ2) is 5.04. The van der Waals surface area contributed by atoms with Crippen molar-refractivity contribution in [3.05, 3.63) is 46.7 Å². The predicted octanol–water partition coefficient (Wildman–Crippen LogP) is 3.31. The van der Waals surface area contributed by atoms with Gasteiger partial charge in [0.15, 0.2) is 11.6 Å². The van der Waals surface area contributed by atoms with Crippen LogP contribution in [-0.2, 0) is 0 Å². The molecule has 0 aromatic heterocycles. The summed E-state index contributed by atoms with van der Waals surface area (Å²) in [5.74, 6) is -0.669. The van der Waals surface area contributed by atoms with Crippen LogP contribution in [0.25, 0.3) is 0 Å². The first kappa shape index (κ1) is 13.0. The quantitative estimate of drug-likeness (QED) is 0.825. The molecule has 0 atom stereocenters. The molecule has 2 aromatic carbocycles. The Kier molecular flexibility index (Phi) is 3.45. The van der Waals surface area contributed by atoms with E-state index >= 15 is 0 Å². The maximum Gasteiger partial charge on any atom is 0.188 e. The van der Waals surface area contributed by atoms with Crippen LogP contribution in [0.5, 0.6) is 11.5 Å². The second-order valence-electron chi connectivity index (χ2n) is 3.75. The highest BCUT2D eigenvalue weighted by Gasteiger charge is 2.16. The molecule has 0 bridgehead atoms. The molecule has 2 aromatic rings. The fourth-order valence-electron chi connectivity index (χ4n) is 1.47. The highest BCUT2D eigenvalue weighted by Crippen LogP contribution is 2.37. The fraction of sp³-hybridized carbons (Fsp3) is 0. The first-order chi connectivity index (χ1) is 9.02. The van der Waals surface area contributed by atoms with Gasteiger partial charge in [-0.25, -0.2) is 4.39 Å². The van der Waals surface area contributed by atoms with Gasteiger partial charge in [0.1, 0.15) is 10.8 Å². The van der Waals surface area contributed by atoms with E-state index < -0.39 is 5.82 Å². The molecule has 0 fully saturated rings. The summed E-state index contributed by atoms with van der Waals surface area (Å²) in [5.41, 5.74) is 11.7. The SMILES string of the molecule is N#Cc1ccc(Oc2c(N)cc(N)c(Cl)c2F)cc1. The minimum atomic E-state index is -0.816. The van der Waals surface area contributed by atoms with Gasteiger partial charge in [-0.1, -0.05) is 11.6 Å². The van der Waals surface area contributed by atoms with E-state index in [1.165, 1.54) is 18.2 Å². The molecule has 4 N–H and O–H groups in total. The number of rotatable bonds is 2. The lowest BCUT2D eigenvalue weighted by Gasteiger charge is -2.11. The van der Waals surface area contributed by atoms with E-state index in [1.807, 2.05) is 6.07 Å². The summed E-state index contributed by atoms with van der Waals surface area (Å²) >= 11 is 5.69. The smallest absolute Gasteiger partial charge is 0.188 e. The van der Waals surface area contributed by atoms with Gasteiger partial charge in [-0.3, -0.25) is 0 Å². The van der Waals surface area contributed by atoms with E-state index in [0.29, 0.717) is 11.3 Å². The summed E-state index contributed by atoms with van der Waals surface area (Å²) in [6.45, 7) is 0. The Labute approximate surface area is 114 Å². The fourth-order valence-corrected chi connectivity index (χ4v) is 1.61. The summed E-state index contributed by atoms with van der Waals surface area (Å²) in [4.78, 5) is 0. The van der Waals surface area contributed by atoms with Gasteiger partial charge in [-0.15, -0.1) is 0 Å². The number of nitrogens with zero attached hydrogens (tertiary/aromatic N) is 1. The first-order valence-corrected chi connectivity index (χ1v) is 5.61. The number of ether oxygens (including phenoxy) is 1. The van der Waals surface area contributed by atoms with Crippen LogP contribution in [0.1, 0.15) is 5.56 Å². The molecular formula is C13H9ClFN3O. The van der Waals surface area contributed by atoms with E-state index in [2.05, 4.69) is 0 Å². The maximum absolute atomic E-state index is 13.9. The van der Waals surface area contributed by atoms with Crippen LogP contribution in [-0.4, -0.2) is 0 Å². The Balaban J connectivity index is 2.38. The van der Waals surface area contributed by atoms with Crippen molar-refractivity contribution in [3.8, 4) is 17.6 Å².